The Hall–Kier alpha value is -0.570. The highest BCUT2D eigenvalue weighted by molar-refractivity contribution is 5.49. The van der Waals surface area contributed by atoms with Gasteiger partial charge in [-0.05, 0) is 7.05 Å². The number of carbonyl (C=O) groups is 1. The van der Waals surface area contributed by atoms with Crippen LogP contribution in [0.4, 0.5) is 0 Å². The molecule has 4 N–H and O–H groups in total. The van der Waals surface area contributed by atoms with E-state index in [1.807, 2.05) is 0 Å². The summed E-state index contributed by atoms with van der Waals surface area (Å²) in [6, 6.07) is 0. The highest BCUT2D eigenvalue weighted by atomic mass is 16.6. The Morgan fingerprint density at radius 2 is 1.11 bits per heavy atom. The van der Waals surface area contributed by atoms with Gasteiger partial charge in [0.1, 0.15) is 6.29 Å². The average Bonchev–Trinajstić information content (AvgIpc) is 2.46. The minimum Gasteiger partial charge on any atom is -0.379 e. The summed E-state index contributed by atoms with van der Waals surface area (Å²) in [5.41, 5.74) is 9.75. The fourth-order valence-corrected chi connectivity index (χ4v) is 0.977. The van der Waals surface area contributed by atoms with Gasteiger partial charge in [-0.25, -0.2) is 0 Å². The Bertz CT molecular complexity index is 161. The van der Waals surface area contributed by atoms with Crippen molar-refractivity contribution in [2.45, 2.75) is 6.42 Å². The van der Waals surface area contributed by atoms with Crippen LogP contribution in [0.2, 0.25) is 0 Å². The fourth-order valence-electron chi connectivity index (χ4n) is 0.977. The second kappa shape index (κ2) is 22.6. The zero-order valence-electron chi connectivity index (χ0n) is 11.8. The average molecular weight is 280 g/mol. The van der Waals surface area contributed by atoms with Crippen molar-refractivity contribution < 1.29 is 23.7 Å². The van der Waals surface area contributed by atoms with Crippen molar-refractivity contribution in [2.24, 2.45) is 11.5 Å². The highest BCUT2D eigenvalue weighted by Gasteiger charge is 1.92. The van der Waals surface area contributed by atoms with Crippen molar-refractivity contribution in [1.29, 1.82) is 0 Å². The number of aldehydes is 1. The lowest BCUT2D eigenvalue weighted by molar-refractivity contribution is -0.108. The van der Waals surface area contributed by atoms with Gasteiger partial charge >= 0.3 is 0 Å². The smallest absolute Gasteiger partial charge is 0.122 e. The zero-order chi connectivity index (χ0) is 14.6. The van der Waals surface area contributed by atoms with Crippen LogP contribution >= 0.6 is 0 Å². The van der Waals surface area contributed by atoms with Crippen molar-refractivity contribution in [1.82, 2.24) is 0 Å². The molecule has 0 radical (unpaired) electrons. The molecule has 0 fully saturated rings. The lowest BCUT2D eigenvalue weighted by Crippen LogP contribution is -2.14. The van der Waals surface area contributed by atoms with Crippen LogP contribution in [0.1, 0.15) is 6.42 Å². The van der Waals surface area contributed by atoms with Gasteiger partial charge < -0.3 is 35.2 Å². The molecule has 0 aliphatic heterocycles. The van der Waals surface area contributed by atoms with E-state index in [-0.39, 0.29) is 0 Å². The molecule has 0 atom stereocenters. The normalized spacial score (nSPS) is 9.84. The minimum atomic E-state index is 0.436. The minimum absolute atomic E-state index is 0.436. The van der Waals surface area contributed by atoms with Crippen LogP contribution in [0.15, 0.2) is 0 Å². The molecule has 0 rings (SSSR count). The van der Waals surface area contributed by atoms with E-state index in [0.717, 1.165) is 6.29 Å². The Morgan fingerprint density at radius 3 is 1.47 bits per heavy atom. The Kier molecular flexibility index (Phi) is 24.7. The standard InChI is InChI=1S/C11H23NO5.CH5N/c12-2-5-15-7-9-17-11-10-16-8-6-14-4-1-3-13;1-2/h3H,1-2,4-12H2;2H2,1H3. The summed E-state index contributed by atoms with van der Waals surface area (Å²) in [6.07, 6.45) is 1.27. The van der Waals surface area contributed by atoms with Crippen molar-refractivity contribution in [2.75, 3.05) is 66.4 Å². The molecular weight excluding hydrogens is 252 g/mol. The number of rotatable bonds is 14. The second-order valence-corrected chi connectivity index (χ2v) is 3.19. The van der Waals surface area contributed by atoms with E-state index in [4.69, 9.17) is 24.7 Å². The summed E-state index contributed by atoms with van der Waals surface area (Å²) in [6.45, 7) is 4.78. The van der Waals surface area contributed by atoms with Gasteiger partial charge in [-0.2, -0.15) is 0 Å². The first kappa shape index (κ1) is 20.7. The van der Waals surface area contributed by atoms with Gasteiger partial charge in [-0.15, -0.1) is 0 Å². The van der Waals surface area contributed by atoms with E-state index in [0.29, 0.717) is 65.8 Å². The summed E-state index contributed by atoms with van der Waals surface area (Å²) in [5, 5.41) is 0. The molecule has 0 aliphatic rings. The molecule has 116 valence electrons. The topological polar surface area (TPSA) is 106 Å². The van der Waals surface area contributed by atoms with Crippen molar-refractivity contribution in [3.63, 3.8) is 0 Å². The Morgan fingerprint density at radius 1 is 0.737 bits per heavy atom. The van der Waals surface area contributed by atoms with Gasteiger partial charge in [0.2, 0.25) is 0 Å². The van der Waals surface area contributed by atoms with Crippen LogP contribution in [0.25, 0.3) is 0 Å². The quantitative estimate of drug-likeness (QED) is 0.316. The molecule has 19 heavy (non-hydrogen) atoms. The van der Waals surface area contributed by atoms with Gasteiger partial charge in [-0.1, -0.05) is 0 Å². The molecule has 0 heterocycles. The molecule has 0 amide bonds. The third-order valence-corrected chi connectivity index (χ3v) is 1.76. The van der Waals surface area contributed by atoms with E-state index < -0.39 is 0 Å². The lowest BCUT2D eigenvalue weighted by atomic mass is 10.5. The van der Waals surface area contributed by atoms with E-state index in [9.17, 15) is 4.79 Å². The largest absolute Gasteiger partial charge is 0.379 e. The van der Waals surface area contributed by atoms with Crippen molar-refractivity contribution in [3.05, 3.63) is 0 Å². The summed E-state index contributed by atoms with van der Waals surface area (Å²) in [5.74, 6) is 0. The number of carbonyl (C=O) groups excluding carboxylic acids is 1. The summed E-state index contributed by atoms with van der Waals surface area (Å²) >= 11 is 0. The summed E-state index contributed by atoms with van der Waals surface area (Å²) in [7, 11) is 1.50. The van der Waals surface area contributed by atoms with Crippen molar-refractivity contribution >= 4 is 6.29 Å². The third-order valence-electron chi connectivity index (χ3n) is 1.76. The second-order valence-electron chi connectivity index (χ2n) is 3.19. The monoisotopic (exact) mass is 280 g/mol. The molecule has 0 unspecified atom stereocenters. The predicted octanol–water partition coefficient (Wildman–Crippen LogP) is -0.825. The summed E-state index contributed by atoms with van der Waals surface area (Å²) < 4.78 is 20.7. The molecule has 0 aromatic heterocycles. The number of hydrogen-bond donors (Lipinski definition) is 2. The van der Waals surface area contributed by atoms with Crippen molar-refractivity contribution in [3.8, 4) is 0 Å². The predicted molar refractivity (Wildman–Crippen MR) is 73.1 cm³/mol. The Labute approximate surface area is 115 Å². The van der Waals surface area contributed by atoms with E-state index in [2.05, 4.69) is 5.73 Å². The van der Waals surface area contributed by atoms with Crippen LogP contribution in [-0.2, 0) is 23.7 Å². The molecule has 7 nitrogen and oxygen atoms in total. The van der Waals surface area contributed by atoms with Crippen LogP contribution in [0, 0.1) is 0 Å². The Balaban J connectivity index is 0. The van der Waals surface area contributed by atoms with Gasteiger partial charge in [0.15, 0.2) is 0 Å². The first-order chi connectivity index (χ1) is 9.41. The van der Waals surface area contributed by atoms with E-state index in [1.54, 1.807) is 0 Å². The molecular formula is C12H28N2O5. The van der Waals surface area contributed by atoms with E-state index in [1.165, 1.54) is 7.05 Å². The molecule has 0 aromatic rings. The third kappa shape index (κ3) is 23.0. The van der Waals surface area contributed by atoms with Gasteiger partial charge in [0.25, 0.3) is 0 Å². The van der Waals surface area contributed by atoms with Gasteiger partial charge in [0, 0.05) is 13.0 Å². The molecule has 0 saturated carbocycles. The summed E-state index contributed by atoms with van der Waals surface area (Å²) in [4.78, 5) is 9.96. The zero-order valence-corrected chi connectivity index (χ0v) is 11.8. The number of ether oxygens (including phenoxy) is 4. The number of hydrogen-bond acceptors (Lipinski definition) is 7. The van der Waals surface area contributed by atoms with E-state index >= 15 is 0 Å². The highest BCUT2D eigenvalue weighted by Crippen LogP contribution is 1.83. The van der Waals surface area contributed by atoms with Crippen LogP contribution in [0.3, 0.4) is 0 Å². The first-order valence-corrected chi connectivity index (χ1v) is 6.44. The number of nitrogens with two attached hydrogens (primary N) is 2. The molecule has 0 spiro atoms. The van der Waals surface area contributed by atoms with Gasteiger partial charge in [-0.3, -0.25) is 0 Å². The molecule has 0 saturated heterocycles. The lowest BCUT2D eigenvalue weighted by Gasteiger charge is -2.06. The van der Waals surface area contributed by atoms with Crippen LogP contribution in [0.5, 0.6) is 0 Å². The van der Waals surface area contributed by atoms with Crippen LogP contribution in [-0.4, -0.2) is 72.7 Å². The van der Waals surface area contributed by atoms with Gasteiger partial charge in [0.05, 0.1) is 52.9 Å². The fraction of sp³-hybridized carbons (Fsp3) is 0.917. The SMILES string of the molecule is CN.NCCOCCOCCOCCOCCC=O. The molecule has 0 bridgehead atoms. The maximum Gasteiger partial charge on any atom is 0.122 e. The van der Waals surface area contributed by atoms with Crippen LogP contribution < -0.4 is 11.5 Å². The molecule has 0 aliphatic carbocycles. The first-order valence-electron chi connectivity index (χ1n) is 6.44. The maximum atomic E-state index is 9.96. The molecule has 0 aromatic carbocycles. The molecule has 7 heteroatoms. The maximum absolute atomic E-state index is 9.96.